The maximum absolute atomic E-state index is 12.7. The summed E-state index contributed by atoms with van der Waals surface area (Å²) in [5, 5.41) is 0. The molecule has 2 aliphatic carbocycles. The minimum Gasteiger partial charge on any atom is -0.463 e. The van der Waals surface area contributed by atoms with Crippen molar-refractivity contribution in [2.75, 3.05) is 13.2 Å². The minimum absolute atomic E-state index is 0.00550. The van der Waals surface area contributed by atoms with Gasteiger partial charge in [0.25, 0.3) is 0 Å². The smallest absolute Gasteiger partial charge is 0.309 e. The molecule has 0 amide bonds. The molecule has 1 heterocycles. The van der Waals surface area contributed by atoms with Crippen LogP contribution >= 0.6 is 0 Å². The van der Waals surface area contributed by atoms with Crippen molar-refractivity contribution in [3.8, 4) is 0 Å². The second-order valence-corrected chi connectivity index (χ2v) is 9.31. The molecule has 4 heteroatoms. The predicted molar refractivity (Wildman–Crippen MR) is 96.8 cm³/mol. The quantitative estimate of drug-likeness (QED) is 0.670. The van der Waals surface area contributed by atoms with Crippen LogP contribution in [0.3, 0.4) is 0 Å². The Bertz CT molecular complexity index is 488. The number of carbonyl (C=O) groups is 1. The van der Waals surface area contributed by atoms with E-state index in [0.29, 0.717) is 42.8 Å². The van der Waals surface area contributed by atoms with E-state index in [4.69, 9.17) is 14.2 Å². The van der Waals surface area contributed by atoms with Crippen LogP contribution in [0.4, 0.5) is 0 Å². The van der Waals surface area contributed by atoms with Gasteiger partial charge in [-0.3, -0.25) is 4.79 Å². The van der Waals surface area contributed by atoms with Gasteiger partial charge < -0.3 is 14.2 Å². The lowest BCUT2D eigenvalue weighted by Crippen LogP contribution is -2.38. The molecule has 7 atom stereocenters. The molecule has 25 heavy (non-hydrogen) atoms. The van der Waals surface area contributed by atoms with Crippen LogP contribution in [0.1, 0.15) is 60.8 Å². The summed E-state index contributed by atoms with van der Waals surface area (Å²) >= 11 is 0. The number of hydrogen-bond acceptors (Lipinski definition) is 4. The Kier molecular flexibility index (Phi) is 5.51. The molecule has 4 nitrogen and oxygen atoms in total. The molecule has 0 aromatic heterocycles. The van der Waals surface area contributed by atoms with Crippen molar-refractivity contribution < 1.29 is 19.0 Å². The lowest BCUT2D eigenvalue weighted by molar-refractivity contribution is -0.170. The van der Waals surface area contributed by atoms with Crippen LogP contribution in [0.2, 0.25) is 0 Å². The van der Waals surface area contributed by atoms with Crippen molar-refractivity contribution in [3.63, 3.8) is 0 Å². The van der Waals surface area contributed by atoms with Gasteiger partial charge in [-0.05, 0) is 61.7 Å². The Balaban J connectivity index is 1.56. The molecule has 1 aliphatic heterocycles. The lowest BCUT2D eigenvalue weighted by Gasteiger charge is -2.39. The highest BCUT2D eigenvalue weighted by molar-refractivity contribution is 5.73. The molecule has 2 saturated carbocycles. The zero-order chi connectivity index (χ0) is 18.4. The molecule has 0 aromatic rings. The zero-order valence-corrected chi connectivity index (χ0v) is 16.8. The molecule has 3 aliphatic rings. The molecular weight excluding hydrogens is 316 g/mol. The maximum Gasteiger partial charge on any atom is 0.309 e. The fourth-order valence-electron chi connectivity index (χ4n) is 5.89. The molecule has 0 aromatic carbocycles. The van der Waals surface area contributed by atoms with Gasteiger partial charge in [-0.15, -0.1) is 0 Å². The number of ether oxygens (including phenoxy) is 3. The average molecular weight is 353 g/mol. The number of fused-ring (bicyclic) bond motifs is 2. The third-order valence-electron chi connectivity index (χ3n) is 7.02. The standard InChI is InChI=1S/C21H36O4/c1-7-21(6)24-11-15(25-21)10-23-20(22)17-9-14-8-16(17)19(13(4)5)18(14)12(2)3/h12-19H,7-11H2,1-6H3. The topological polar surface area (TPSA) is 44.8 Å². The second kappa shape index (κ2) is 7.19. The molecule has 7 unspecified atom stereocenters. The zero-order valence-electron chi connectivity index (χ0n) is 16.8. The maximum atomic E-state index is 12.7. The summed E-state index contributed by atoms with van der Waals surface area (Å²) in [5.41, 5.74) is 0. The highest BCUT2D eigenvalue weighted by atomic mass is 16.7. The highest BCUT2D eigenvalue weighted by Gasteiger charge is 2.56. The molecule has 0 spiro atoms. The normalized spacial score (nSPS) is 43.4. The monoisotopic (exact) mass is 352 g/mol. The third kappa shape index (κ3) is 3.62. The van der Waals surface area contributed by atoms with Crippen LogP contribution in [0.25, 0.3) is 0 Å². The summed E-state index contributed by atoms with van der Waals surface area (Å²) in [6.07, 6.45) is 2.90. The van der Waals surface area contributed by atoms with E-state index in [-0.39, 0.29) is 18.0 Å². The Morgan fingerprint density at radius 2 is 1.84 bits per heavy atom. The molecular formula is C21H36O4. The van der Waals surface area contributed by atoms with Crippen LogP contribution in [-0.2, 0) is 19.0 Å². The molecule has 2 bridgehead atoms. The van der Waals surface area contributed by atoms with Crippen molar-refractivity contribution in [2.45, 2.75) is 72.7 Å². The van der Waals surface area contributed by atoms with Gasteiger partial charge in [0.15, 0.2) is 5.79 Å². The first-order valence-corrected chi connectivity index (χ1v) is 10.2. The summed E-state index contributed by atoms with van der Waals surface area (Å²) in [7, 11) is 0. The third-order valence-corrected chi connectivity index (χ3v) is 7.02. The van der Waals surface area contributed by atoms with Gasteiger partial charge in [-0.25, -0.2) is 0 Å². The molecule has 3 fully saturated rings. The Hall–Kier alpha value is -0.610. The number of hydrogen-bond donors (Lipinski definition) is 0. The van der Waals surface area contributed by atoms with Crippen molar-refractivity contribution in [3.05, 3.63) is 0 Å². The lowest BCUT2D eigenvalue weighted by atomic mass is 9.66. The first-order valence-electron chi connectivity index (χ1n) is 10.2. The minimum atomic E-state index is -0.517. The van der Waals surface area contributed by atoms with Gasteiger partial charge in [0, 0.05) is 0 Å². The number of rotatable bonds is 6. The van der Waals surface area contributed by atoms with Crippen LogP contribution in [0.15, 0.2) is 0 Å². The second-order valence-electron chi connectivity index (χ2n) is 9.31. The fraction of sp³-hybridized carbons (Fsp3) is 0.952. The van der Waals surface area contributed by atoms with E-state index in [1.54, 1.807) is 0 Å². The first kappa shape index (κ1) is 19.2. The summed E-state index contributed by atoms with van der Waals surface area (Å²) < 4.78 is 17.2. The van der Waals surface area contributed by atoms with E-state index < -0.39 is 5.79 Å². The van der Waals surface area contributed by atoms with Crippen LogP contribution in [-0.4, -0.2) is 31.1 Å². The summed E-state index contributed by atoms with van der Waals surface area (Å²) in [6.45, 7) is 14.1. The fourth-order valence-corrected chi connectivity index (χ4v) is 5.89. The first-order chi connectivity index (χ1) is 11.8. The highest BCUT2D eigenvalue weighted by Crippen LogP contribution is 2.59. The van der Waals surface area contributed by atoms with Gasteiger partial charge in [0.05, 0.1) is 12.5 Å². The SMILES string of the molecule is CCC1(C)OCC(COC(=O)C2CC3CC2C(C(C)C)C3C(C)C)O1. The largest absolute Gasteiger partial charge is 0.463 e. The summed E-state index contributed by atoms with van der Waals surface area (Å²) in [6, 6.07) is 0. The van der Waals surface area contributed by atoms with Gasteiger partial charge in [-0.2, -0.15) is 0 Å². The van der Waals surface area contributed by atoms with E-state index in [1.807, 2.05) is 13.8 Å². The summed E-state index contributed by atoms with van der Waals surface area (Å²) in [5.74, 6) is 3.54. The van der Waals surface area contributed by atoms with Gasteiger partial charge >= 0.3 is 5.97 Å². The molecule has 144 valence electrons. The van der Waals surface area contributed by atoms with Crippen molar-refractivity contribution in [1.82, 2.24) is 0 Å². The van der Waals surface area contributed by atoms with Gasteiger partial charge in [-0.1, -0.05) is 34.6 Å². The number of esters is 1. The van der Waals surface area contributed by atoms with E-state index in [0.717, 1.165) is 18.8 Å². The Labute approximate surface area is 153 Å². The van der Waals surface area contributed by atoms with E-state index in [2.05, 4.69) is 27.7 Å². The van der Waals surface area contributed by atoms with E-state index in [9.17, 15) is 4.79 Å². The Morgan fingerprint density at radius 1 is 1.16 bits per heavy atom. The molecule has 3 rings (SSSR count). The van der Waals surface area contributed by atoms with Gasteiger partial charge in [0.1, 0.15) is 12.7 Å². The van der Waals surface area contributed by atoms with Crippen LogP contribution in [0.5, 0.6) is 0 Å². The predicted octanol–water partition coefficient (Wildman–Crippen LogP) is 4.27. The summed E-state index contributed by atoms with van der Waals surface area (Å²) in [4.78, 5) is 12.7. The Morgan fingerprint density at radius 3 is 2.40 bits per heavy atom. The van der Waals surface area contributed by atoms with Crippen LogP contribution in [0, 0.1) is 41.4 Å². The van der Waals surface area contributed by atoms with E-state index >= 15 is 0 Å². The van der Waals surface area contributed by atoms with Crippen molar-refractivity contribution in [2.24, 2.45) is 41.4 Å². The van der Waals surface area contributed by atoms with Gasteiger partial charge in [0.2, 0.25) is 0 Å². The molecule has 1 saturated heterocycles. The molecule has 0 N–H and O–H groups in total. The average Bonchev–Trinajstić information content (AvgIpc) is 3.24. The molecule has 0 radical (unpaired) electrons. The van der Waals surface area contributed by atoms with Crippen molar-refractivity contribution in [1.29, 1.82) is 0 Å². The number of carbonyl (C=O) groups excluding carboxylic acids is 1. The van der Waals surface area contributed by atoms with E-state index in [1.165, 1.54) is 6.42 Å². The van der Waals surface area contributed by atoms with Crippen LogP contribution < -0.4 is 0 Å². The van der Waals surface area contributed by atoms with Crippen molar-refractivity contribution >= 4 is 5.97 Å².